The molecule has 0 atom stereocenters. The van der Waals surface area contributed by atoms with Crippen molar-refractivity contribution in [3.05, 3.63) is 66.7 Å². The third-order valence-electron chi connectivity index (χ3n) is 5.28. The van der Waals surface area contributed by atoms with Crippen LogP contribution in [0.25, 0.3) is 45.6 Å². The van der Waals surface area contributed by atoms with Gasteiger partial charge in [0.25, 0.3) is 0 Å². The average molecular weight is 507 g/mol. The molecule has 33 heavy (non-hydrogen) atoms. The summed E-state index contributed by atoms with van der Waals surface area (Å²) < 4.78 is 10.5. The third kappa shape index (κ3) is 3.66. The van der Waals surface area contributed by atoms with Crippen molar-refractivity contribution in [2.45, 2.75) is 0 Å². The van der Waals surface area contributed by atoms with E-state index in [1.165, 1.54) is 32.1 Å². The number of para-hydroxylation sites is 1. The fourth-order valence-electron chi connectivity index (χ4n) is 3.87. The molecule has 0 fully saturated rings. The maximum absolute atomic E-state index is 9.51. The van der Waals surface area contributed by atoms with Crippen molar-refractivity contribution >= 4 is 85.4 Å². The van der Waals surface area contributed by atoms with Crippen LogP contribution < -0.4 is 9.43 Å². The predicted octanol–water partition coefficient (Wildman–Crippen LogP) is 4.68. The van der Waals surface area contributed by atoms with Crippen LogP contribution in [0.15, 0.2) is 66.7 Å². The second kappa shape index (κ2) is 8.44. The standard InChI is InChI=1S/C22H15B2NO4S4/c26-23-29-20-9-7-16(31-20)18-11-14-22(33-18)21-13(25(14)12-4-2-1-3-5-12)10-17(32-21)15-6-8-19(30-15)24(27)28/h1-11,23,26-28H. The van der Waals surface area contributed by atoms with Gasteiger partial charge in [-0.15, -0.1) is 34.0 Å². The molecule has 162 valence electrons. The predicted molar refractivity (Wildman–Crippen MR) is 143 cm³/mol. The molecule has 6 aromatic rings. The largest absolute Gasteiger partial charge is 0.531 e. The second-order valence-electron chi connectivity index (χ2n) is 7.29. The number of thiophene rings is 4. The molecule has 11 heteroatoms. The van der Waals surface area contributed by atoms with Crippen molar-refractivity contribution in [1.29, 1.82) is 0 Å². The Labute approximate surface area is 205 Å². The Balaban J connectivity index is 1.55. The molecule has 5 nitrogen and oxygen atoms in total. The van der Waals surface area contributed by atoms with E-state index >= 15 is 0 Å². The number of hydrogen-bond donors (Lipinski definition) is 3. The highest BCUT2D eigenvalue weighted by Crippen LogP contribution is 2.48. The molecule has 3 N–H and O–H groups in total. The van der Waals surface area contributed by atoms with Crippen LogP contribution in [0.5, 0.6) is 5.06 Å². The van der Waals surface area contributed by atoms with Gasteiger partial charge in [0.05, 0.1) is 20.4 Å². The summed E-state index contributed by atoms with van der Waals surface area (Å²) >= 11 is 6.40. The lowest BCUT2D eigenvalue weighted by molar-refractivity contribution is 0.427. The molecule has 0 saturated carbocycles. The van der Waals surface area contributed by atoms with Crippen LogP contribution in [0.2, 0.25) is 0 Å². The summed E-state index contributed by atoms with van der Waals surface area (Å²) in [6, 6.07) is 22.3. The molecule has 0 bridgehead atoms. The first-order valence-electron chi connectivity index (χ1n) is 10.1. The zero-order valence-corrected chi connectivity index (χ0v) is 20.2. The number of nitrogens with zero attached hydrogens (tertiary/aromatic N) is 1. The van der Waals surface area contributed by atoms with Gasteiger partial charge in [0.1, 0.15) is 0 Å². The smallest absolute Gasteiger partial charge is 0.504 e. The summed E-state index contributed by atoms with van der Waals surface area (Å²) in [7, 11) is -1.78. The van der Waals surface area contributed by atoms with Crippen molar-refractivity contribution in [3.8, 4) is 30.3 Å². The topological polar surface area (TPSA) is 74.8 Å². The molecule has 6 rings (SSSR count). The first kappa shape index (κ1) is 21.2. The summed E-state index contributed by atoms with van der Waals surface area (Å²) in [5.41, 5.74) is 3.40. The molecule has 0 spiro atoms. The molecular formula is C22H15B2NO4S4. The van der Waals surface area contributed by atoms with Gasteiger partial charge < -0.3 is 24.3 Å². The van der Waals surface area contributed by atoms with Crippen molar-refractivity contribution in [1.82, 2.24) is 4.57 Å². The molecule has 0 unspecified atom stereocenters. The Morgan fingerprint density at radius 1 is 0.727 bits per heavy atom. The normalized spacial score (nSPS) is 11.5. The lowest BCUT2D eigenvalue weighted by Gasteiger charge is -2.05. The van der Waals surface area contributed by atoms with E-state index in [0.717, 1.165) is 36.2 Å². The number of fused-ring (bicyclic) bond motifs is 3. The number of rotatable bonds is 6. The Kier molecular flexibility index (Phi) is 5.42. The van der Waals surface area contributed by atoms with Crippen LogP contribution in [0, 0.1) is 0 Å². The number of benzene rings is 1. The zero-order chi connectivity index (χ0) is 22.5. The SMILES string of the molecule is OBOc1ccc(-c2cc3c(s2)c2sc(-c4ccc(B(O)O)s4)cc2n3-c2ccccc2)s1. The quantitative estimate of drug-likeness (QED) is 0.287. The Morgan fingerprint density at radius 2 is 1.36 bits per heavy atom. The van der Waals surface area contributed by atoms with Crippen LogP contribution >= 0.6 is 45.3 Å². The van der Waals surface area contributed by atoms with E-state index in [4.69, 9.17) is 9.68 Å². The van der Waals surface area contributed by atoms with Crippen LogP contribution in [0.4, 0.5) is 0 Å². The fraction of sp³-hybridized carbons (Fsp3) is 0. The van der Waals surface area contributed by atoms with E-state index in [-0.39, 0.29) is 7.69 Å². The van der Waals surface area contributed by atoms with E-state index in [0.29, 0.717) is 9.84 Å². The van der Waals surface area contributed by atoms with Gasteiger partial charge in [0.2, 0.25) is 0 Å². The fourth-order valence-corrected chi connectivity index (χ4v) is 8.19. The minimum atomic E-state index is -1.45. The van der Waals surface area contributed by atoms with Gasteiger partial charge in [-0.05, 0) is 42.5 Å². The highest BCUT2D eigenvalue weighted by Gasteiger charge is 2.21. The molecule has 5 heterocycles. The van der Waals surface area contributed by atoms with Crippen LogP contribution in [0.1, 0.15) is 0 Å². The van der Waals surface area contributed by atoms with Gasteiger partial charge in [-0.1, -0.05) is 35.6 Å². The monoisotopic (exact) mass is 507 g/mol. The molecule has 5 aromatic heterocycles. The highest BCUT2D eigenvalue weighted by molar-refractivity contribution is 7.33. The van der Waals surface area contributed by atoms with Gasteiger partial charge >= 0.3 is 14.8 Å². The van der Waals surface area contributed by atoms with E-state index in [2.05, 4.69) is 28.8 Å². The Morgan fingerprint density at radius 3 is 1.97 bits per heavy atom. The zero-order valence-electron chi connectivity index (χ0n) is 17.0. The molecule has 0 saturated heterocycles. The Hall–Kier alpha value is -2.37. The molecule has 0 aliphatic heterocycles. The van der Waals surface area contributed by atoms with Gasteiger partial charge in [0.15, 0.2) is 5.06 Å². The van der Waals surface area contributed by atoms with Gasteiger partial charge in [-0.25, -0.2) is 0 Å². The molecule has 0 aliphatic carbocycles. The molecular weight excluding hydrogens is 492 g/mol. The summed E-state index contributed by atoms with van der Waals surface area (Å²) in [6.45, 7) is 0. The summed E-state index contributed by atoms with van der Waals surface area (Å²) in [6.07, 6.45) is 0. The Bertz CT molecular complexity index is 1580. The van der Waals surface area contributed by atoms with E-state index < -0.39 is 7.12 Å². The highest BCUT2D eigenvalue weighted by atomic mass is 32.1. The summed E-state index contributed by atoms with van der Waals surface area (Å²) in [5.74, 6) is 0. The number of hydrogen-bond acceptors (Lipinski definition) is 8. The first-order chi connectivity index (χ1) is 16.1. The molecule has 0 radical (unpaired) electrons. The third-order valence-corrected chi connectivity index (χ3v) is 10.2. The summed E-state index contributed by atoms with van der Waals surface area (Å²) in [5, 5.41) is 28.8. The maximum Gasteiger partial charge on any atom is 0.504 e. The maximum atomic E-state index is 9.51. The van der Waals surface area contributed by atoms with E-state index in [1.54, 1.807) is 28.7 Å². The number of aromatic nitrogens is 1. The first-order valence-corrected chi connectivity index (χ1v) is 13.3. The van der Waals surface area contributed by atoms with Crippen molar-refractivity contribution in [2.24, 2.45) is 0 Å². The van der Waals surface area contributed by atoms with Gasteiger partial charge in [-0.2, -0.15) is 0 Å². The van der Waals surface area contributed by atoms with Gasteiger partial charge in [0, 0.05) is 30.0 Å². The van der Waals surface area contributed by atoms with Crippen LogP contribution in [-0.4, -0.2) is 34.4 Å². The minimum Gasteiger partial charge on any atom is -0.531 e. The second-order valence-corrected chi connectivity index (χ2v) is 11.6. The van der Waals surface area contributed by atoms with Crippen molar-refractivity contribution in [2.75, 3.05) is 0 Å². The van der Waals surface area contributed by atoms with Crippen molar-refractivity contribution in [3.63, 3.8) is 0 Å². The lowest BCUT2D eigenvalue weighted by Crippen LogP contribution is -2.26. The van der Waals surface area contributed by atoms with Crippen molar-refractivity contribution < 1.29 is 19.7 Å². The van der Waals surface area contributed by atoms with Gasteiger partial charge in [-0.3, -0.25) is 0 Å². The van der Waals surface area contributed by atoms with Crippen LogP contribution in [0.3, 0.4) is 0 Å². The molecule has 0 amide bonds. The average Bonchev–Trinajstić information content (AvgIpc) is 3.60. The molecule has 1 aromatic carbocycles. The van der Waals surface area contributed by atoms with Crippen LogP contribution in [-0.2, 0) is 0 Å². The lowest BCUT2D eigenvalue weighted by atomic mass is 9.90. The minimum absolute atomic E-state index is 0.332. The van der Waals surface area contributed by atoms with E-state index in [9.17, 15) is 10.0 Å². The summed E-state index contributed by atoms with van der Waals surface area (Å²) in [4.78, 5) is 4.38. The van der Waals surface area contributed by atoms with E-state index in [1.807, 2.05) is 36.4 Å². The molecule has 0 aliphatic rings.